The highest BCUT2D eigenvalue weighted by molar-refractivity contribution is 5.85. The van der Waals surface area contributed by atoms with Gasteiger partial charge in [-0.3, -0.25) is 10.6 Å². The van der Waals surface area contributed by atoms with E-state index in [9.17, 15) is 18.0 Å². The number of para-hydroxylation sites is 1. The van der Waals surface area contributed by atoms with Crippen LogP contribution < -0.4 is 11.3 Å². The molecule has 0 radical (unpaired) electrons. The number of nitrogens with one attached hydrogen (secondary N) is 1. The Morgan fingerprint density at radius 3 is 2.45 bits per heavy atom. The highest BCUT2D eigenvalue weighted by atomic mass is 19.4. The van der Waals surface area contributed by atoms with Gasteiger partial charge in [0.05, 0.1) is 16.8 Å². The van der Waals surface area contributed by atoms with E-state index in [4.69, 9.17) is 5.84 Å². The van der Waals surface area contributed by atoms with Crippen molar-refractivity contribution in [2.75, 3.05) is 18.5 Å². The van der Waals surface area contributed by atoms with E-state index in [1.54, 1.807) is 12.1 Å². The molecular weight excluding hydrogens is 515 g/mol. The van der Waals surface area contributed by atoms with Crippen LogP contribution in [0.25, 0.3) is 39.6 Å². The van der Waals surface area contributed by atoms with Gasteiger partial charge in [-0.05, 0) is 60.1 Å². The molecule has 0 spiro atoms. The molecule has 1 amide bonds. The Morgan fingerprint density at radius 1 is 1.05 bits per heavy atom. The molecule has 3 aromatic carbocycles. The van der Waals surface area contributed by atoms with Crippen LogP contribution in [0.4, 0.5) is 18.9 Å². The van der Waals surface area contributed by atoms with Crippen molar-refractivity contribution in [3.8, 4) is 22.5 Å². The summed E-state index contributed by atoms with van der Waals surface area (Å²) in [5, 5.41) is 0. The number of aromatic nitrogens is 2. The number of hydrogen-bond donors (Lipinski definition) is 2. The fourth-order valence-corrected chi connectivity index (χ4v) is 5.66. The Labute approximate surface area is 230 Å². The number of alkyl halides is 3. The zero-order valence-electron chi connectivity index (χ0n) is 21.9. The van der Waals surface area contributed by atoms with Gasteiger partial charge in [-0.1, -0.05) is 55.1 Å². The lowest BCUT2D eigenvalue weighted by molar-refractivity contribution is -0.136. The van der Waals surface area contributed by atoms with Crippen LogP contribution in [0.15, 0.2) is 67.2 Å². The number of halogens is 3. The van der Waals surface area contributed by atoms with E-state index in [1.807, 2.05) is 51.9 Å². The molecule has 1 aliphatic heterocycles. The lowest BCUT2D eigenvalue weighted by Crippen LogP contribution is -2.30. The fraction of sp³-hybridized carbons (Fsp3) is 0.290. The highest BCUT2D eigenvalue weighted by Crippen LogP contribution is 2.38. The number of benzene rings is 3. The predicted molar refractivity (Wildman–Crippen MR) is 151 cm³/mol. The quantitative estimate of drug-likeness (QED) is 0.203. The summed E-state index contributed by atoms with van der Waals surface area (Å²) < 4.78 is 43.7. The van der Waals surface area contributed by atoms with Crippen LogP contribution in [0.3, 0.4) is 0 Å². The van der Waals surface area contributed by atoms with Crippen molar-refractivity contribution in [1.29, 1.82) is 0 Å². The first kappa shape index (κ1) is 26.1. The number of hydrogen-bond acceptors (Lipinski definition) is 4. The number of hydrazine groups is 1. The SMILES string of the molecule is C=Cc1ccc(-c2ccc(-c3nc4c(C(F)(F)F)cccc4n3C[C@@H]3CCN(C(=O)C4CC4)C3)cc2)cc1NN. The standard InChI is InChI=1S/C31H30F3N5O/c1-2-20-6-13-24(16-26(20)37-35)21-7-9-22(10-8-21)29-36-28-25(31(32,33)34)4-3-5-27(28)39(29)18-19-14-15-38(17-19)30(40)23-11-12-23/h2-10,13,16,19,23,37H,1,11-12,14-15,17-18,35H2/t19-/m1/s1. The van der Waals surface area contributed by atoms with E-state index in [1.165, 1.54) is 6.07 Å². The van der Waals surface area contributed by atoms with Crippen LogP contribution in [-0.2, 0) is 17.5 Å². The molecular formula is C31H30F3N5O. The van der Waals surface area contributed by atoms with Gasteiger partial charge < -0.3 is 14.9 Å². The molecule has 6 rings (SSSR count). The van der Waals surface area contributed by atoms with Gasteiger partial charge in [0.1, 0.15) is 11.3 Å². The summed E-state index contributed by atoms with van der Waals surface area (Å²) in [5.41, 5.74) is 6.52. The molecule has 2 heterocycles. The van der Waals surface area contributed by atoms with E-state index in [0.717, 1.165) is 53.3 Å². The number of rotatable bonds is 7. The van der Waals surface area contributed by atoms with Crippen molar-refractivity contribution in [1.82, 2.24) is 14.5 Å². The Bertz CT molecular complexity index is 1590. The number of carbonyl (C=O) groups is 1. The molecule has 1 saturated carbocycles. The first-order valence-corrected chi connectivity index (χ1v) is 13.5. The van der Waals surface area contributed by atoms with Gasteiger partial charge in [0.2, 0.25) is 5.91 Å². The van der Waals surface area contributed by atoms with Gasteiger partial charge in [0.15, 0.2) is 0 Å². The van der Waals surface area contributed by atoms with Crippen molar-refractivity contribution < 1.29 is 18.0 Å². The molecule has 9 heteroatoms. The number of nitrogen functional groups attached to an aromatic ring is 1. The molecule has 0 bridgehead atoms. The Hall–Kier alpha value is -4.11. The van der Waals surface area contributed by atoms with Gasteiger partial charge in [-0.2, -0.15) is 13.2 Å². The Kier molecular flexibility index (Phi) is 6.62. The molecule has 2 fully saturated rings. The number of nitrogens with zero attached hydrogens (tertiary/aromatic N) is 3. The summed E-state index contributed by atoms with van der Waals surface area (Å²) in [6, 6.07) is 17.6. The number of anilines is 1. The molecule has 0 unspecified atom stereocenters. The van der Waals surface area contributed by atoms with Gasteiger partial charge in [0.25, 0.3) is 0 Å². The second kappa shape index (κ2) is 10.1. The first-order chi connectivity index (χ1) is 19.3. The molecule has 2 aliphatic rings. The normalized spacial score (nSPS) is 17.4. The Morgan fingerprint density at radius 2 is 1.77 bits per heavy atom. The van der Waals surface area contributed by atoms with Crippen LogP contribution in [0.2, 0.25) is 0 Å². The summed E-state index contributed by atoms with van der Waals surface area (Å²) in [6.45, 7) is 5.59. The number of amides is 1. The van der Waals surface area contributed by atoms with Crippen LogP contribution >= 0.6 is 0 Å². The monoisotopic (exact) mass is 545 g/mol. The third kappa shape index (κ3) is 4.86. The number of carbonyl (C=O) groups excluding carboxylic acids is 1. The van der Waals surface area contributed by atoms with E-state index >= 15 is 0 Å². The molecule has 206 valence electrons. The second-order valence-electron chi connectivity index (χ2n) is 10.7. The molecule has 1 saturated heterocycles. The highest BCUT2D eigenvalue weighted by Gasteiger charge is 2.38. The summed E-state index contributed by atoms with van der Waals surface area (Å²) in [6.07, 6.45) is -0.0855. The number of fused-ring (bicyclic) bond motifs is 1. The molecule has 1 aliphatic carbocycles. The van der Waals surface area contributed by atoms with Gasteiger partial charge in [0, 0.05) is 31.1 Å². The summed E-state index contributed by atoms with van der Waals surface area (Å²) >= 11 is 0. The maximum Gasteiger partial charge on any atom is 0.418 e. The molecule has 1 atom stereocenters. The smallest absolute Gasteiger partial charge is 0.342 e. The second-order valence-corrected chi connectivity index (χ2v) is 10.7. The minimum Gasteiger partial charge on any atom is -0.342 e. The number of imidazole rings is 1. The lowest BCUT2D eigenvalue weighted by Gasteiger charge is -2.18. The van der Waals surface area contributed by atoms with Gasteiger partial charge >= 0.3 is 6.18 Å². The third-order valence-electron chi connectivity index (χ3n) is 7.95. The molecule has 6 nitrogen and oxygen atoms in total. The molecule has 1 aromatic heterocycles. The molecule has 40 heavy (non-hydrogen) atoms. The molecule has 4 aromatic rings. The van der Waals surface area contributed by atoms with Crippen LogP contribution in [0, 0.1) is 11.8 Å². The minimum absolute atomic E-state index is 0.0586. The zero-order chi connectivity index (χ0) is 28.0. The third-order valence-corrected chi connectivity index (χ3v) is 7.95. The minimum atomic E-state index is -4.52. The van der Waals surface area contributed by atoms with Crippen molar-refractivity contribution >= 4 is 28.7 Å². The summed E-state index contributed by atoms with van der Waals surface area (Å²) in [7, 11) is 0. The Balaban J connectivity index is 1.37. The average molecular weight is 546 g/mol. The zero-order valence-corrected chi connectivity index (χ0v) is 21.9. The predicted octanol–water partition coefficient (Wildman–Crippen LogP) is 6.58. The summed E-state index contributed by atoms with van der Waals surface area (Å²) in [5.74, 6) is 6.65. The number of likely N-dealkylation sites (tertiary alicyclic amines) is 1. The topological polar surface area (TPSA) is 76.2 Å². The lowest BCUT2D eigenvalue weighted by atomic mass is 10.0. The van der Waals surface area contributed by atoms with Gasteiger partial charge in [-0.25, -0.2) is 4.98 Å². The largest absolute Gasteiger partial charge is 0.418 e. The first-order valence-electron chi connectivity index (χ1n) is 13.5. The van der Waals surface area contributed by atoms with Crippen molar-refractivity contribution in [2.24, 2.45) is 17.7 Å². The van der Waals surface area contributed by atoms with Crippen LogP contribution in [0.1, 0.15) is 30.4 Å². The average Bonchev–Trinajstić information content (AvgIpc) is 3.60. The van der Waals surface area contributed by atoms with E-state index < -0.39 is 11.7 Å². The molecule has 3 N–H and O–H groups in total. The number of nitrogens with two attached hydrogens (primary N) is 1. The van der Waals surface area contributed by atoms with Crippen molar-refractivity contribution in [2.45, 2.75) is 32.0 Å². The van der Waals surface area contributed by atoms with Crippen LogP contribution in [0.5, 0.6) is 0 Å². The van der Waals surface area contributed by atoms with Crippen molar-refractivity contribution in [3.63, 3.8) is 0 Å². The fourth-order valence-electron chi connectivity index (χ4n) is 5.66. The van der Waals surface area contributed by atoms with E-state index in [-0.39, 0.29) is 23.3 Å². The van der Waals surface area contributed by atoms with E-state index in [2.05, 4.69) is 17.0 Å². The summed E-state index contributed by atoms with van der Waals surface area (Å²) in [4.78, 5) is 19.1. The van der Waals surface area contributed by atoms with E-state index in [0.29, 0.717) is 31.0 Å². The maximum absolute atomic E-state index is 13.9. The maximum atomic E-state index is 13.9. The van der Waals surface area contributed by atoms with Crippen molar-refractivity contribution in [3.05, 3.63) is 78.4 Å². The van der Waals surface area contributed by atoms with Gasteiger partial charge in [-0.15, -0.1) is 0 Å². The van der Waals surface area contributed by atoms with Crippen LogP contribution in [-0.4, -0.2) is 33.4 Å².